The fourth-order valence-electron chi connectivity index (χ4n) is 4.27. The fourth-order valence-corrected chi connectivity index (χ4v) is 4.27. The minimum Gasteiger partial charge on any atom is -0.466 e. The van der Waals surface area contributed by atoms with Crippen LogP contribution in [0.2, 0.25) is 0 Å². The second-order valence-corrected chi connectivity index (χ2v) is 9.23. The molecule has 0 amide bonds. The van der Waals surface area contributed by atoms with Crippen LogP contribution in [0.4, 0.5) is 0 Å². The Morgan fingerprint density at radius 2 is 2.00 bits per heavy atom. The van der Waals surface area contributed by atoms with Gasteiger partial charge in [-0.2, -0.15) is 0 Å². The maximum atomic E-state index is 13.2. The summed E-state index contributed by atoms with van der Waals surface area (Å²) in [5.41, 5.74) is -0.610. The number of esters is 3. The van der Waals surface area contributed by atoms with E-state index in [2.05, 4.69) is 13.2 Å². The van der Waals surface area contributed by atoms with E-state index < -0.39 is 53.8 Å². The van der Waals surface area contributed by atoms with Crippen molar-refractivity contribution in [3.05, 3.63) is 36.0 Å². The molecule has 0 aromatic carbocycles. The third-order valence-corrected chi connectivity index (χ3v) is 6.94. The SMILES string of the molecule is C=C1C(=O)O[C@H]2[C@H]1[C@H](OC(=O)[C@@]1(C)O[C@H]1C)[C@@H](O[C@@H](C)CC)/C(C(=O)OC)=C\CCC(=C)[C@@H]2O. The van der Waals surface area contributed by atoms with Crippen molar-refractivity contribution in [2.24, 2.45) is 5.92 Å². The Kier molecular flexibility index (Phi) is 7.69. The van der Waals surface area contributed by atoms with Crippen LogP contribution in [0, 0.1) is 5.92 Å². The Balaban J connectivity index is 2.16. The minimum absolute atomic E-state index is 0.00658. The summed E-state index contributed by atoms with van der Waals surface area (Å²) in [6.07, 6.45) is -2.47. The van der Waals surface area contributed by atoms with Crippen LogP contribution in [-0.4, -0.2) is 72.3 Å². The first-order valence-corrected chi connectivity index (χ1v) is 11.5. The van der Waals surface area contributed by atoms with Gasteiger partial charge in [0.05, 0.1) is 30.8 Å². The summed E-state index contributed by atoms with van der Waals surface area (Å²) in [5, 5.41) is 11.0. The number of methoxy groups -OCH3 is 1. The molecule has 0 unspecified atom stereocenters. The summed E-state index contributed by atoms with van der Waals surface area (Å²) in [4.78, 5) is 38.6. The molecule has 1 N–H and O–H groups in total. The van der Waals surface area contributed by atoms with Gasteiger partial charge in [0.1, 0.15) is 24.4 Å². The Morgan fingerprint density at radius 3 is 2.56 bits per heavy atom. The van der Waals surface area contributed by atoms with Crippen LogP contribution >= 0.6 is 0 Å². The van der Waals surface area contributed by atoms with E-state index in [9.17, 15) is 19.5 Å². The lowest BCUT2D eigenvalue weighted by Gasteiger charge is -2.37. The molecule has 2 saturated heterocycles. The van der Waals surface area contributed by atoms with Gasteiger partial charge in [0.2, 0.25) is 0 Å². The second kappa shape index (κ2) is 10.0. The largest absolute Gasteiger partial charge is 0.466 e. The van der Waals surface area contributed by atoms with Gasteiger partial charge in [0, 0.05) is 5.57 Å². The average molecular weight is 479 g/mol. The van der Waals surface area contributed by atoms with Crippen molar-refractivity contribution in [2.75, 3.05) is 7.11 Å². The van der Waals surface area contributed by atoms with Crippen LogP contribution in [0.3, 0.4) is 0 Å². The average Bonchev–Trinajstić information content (AvgIpc) is 3.33. The molecule has 9 nitrogen and oxygen atoms in total. The van der Waals surface area contributed by atoms with Gasteiger partial charge in [0.15, 0.2) is 5.60 Å². The third-order valence-electron chi connectivity index (χ3n) is 6.94. The van der Waals surface area contributed by atoms with Crippen molar-refractivity contribution in [1.82, 2.24) is 0 Å². The molecule has 34 heavy (non-hydrogen) atoms. The number of hydrogen-bond donors (Lipinski definition) is 1. The molecule has 1 aliphatic carbocycles. The maximum absolute atomic E-state index is 13.2. The summed E-state index contributed by atoms with van der Waals surface area (Å²) in [7, 11) is 1.25. The lowest BCUT2D eigenvalue weighted by atomic mass is 9.80. The van der Waals surface area contributed by atoms with E-state index in [0.717, 1.165) is 0 Å². The molecular formula is C25H34O9. The number of aliphatic hydroxyl groups is 1. The molecular weight excluding hydrogens is 444 g/mol. The normalized spacial score (nSPS) is 38.2. The number of carbonyl (C=O) groups excluding carboxylic acids is 3. The van der Waals surface area contributed by atoms with Crippen molar-refractivity contribution in [3.8, 4) is 0 Å². The highest BCUT2D eigenvalue weighted by Gasteiger charge is 2.60. The highest BCUT2D eigenvalue weighted by Crippen LogP contribution is 2.42. The molecule has 0 bridgehead atoms. The van der Waals surface area contributed by atoms with Crippen LogP contribution in [0.1, 0.15) is 47.0 Å². The number of aliphatic hydroxyl groups excluding tert-OH is 1. The minimum atomic E-state index is -1.23. The standard InChI is InChI=1S/C25H34O9/c1-8-13(3)31-19-16(23(28)30-7)11-9-10-12(2)18(26)20-17(14(4)22(27)32-20)21(19)33-24(29)25(6)15(5)34-25/h11,13,15,17-21,26H,2,4,8-10H2,1,3,5-7H3/b16-11+/t13-,15-,17-,18-,19-,20-,21-,25-/m0/s1. The molecule has 0 aromatic rings. The predicted octanol–water partition coefficient (Wildman–Crippen LogP) is 2.17. The lowest BCUT2D eigenvalue weighted by molar-refractivity contribution is -0.174. The van der Waals surface area contributed by atoms with Crippen LogP contribution in [0.5, 0.6) is 0 Å². The van der Waals surface area contributed by atoms with E-state index in [1.165, 1.54) is 7.11 Å². The Morgan fingerprint density at radius 1 is 1.35 bits per heavy atom. The highest BCUT2D eigenvalue weighted by atomic mass is 16.7. The Bertz CT molecular complexity index is 906. The van der Waals surface area contributed by atoms with Crippen LogP contribution in [0.15, 0.2) is 36.0 Å². The van der Waals surface area contributed by atoms with E-state index >= 15 is 0 Å². The third kappa shape index (κ3) is 4.82. The molecule has 3 rings (SSSR count). The molecule has 0 saturated carbocycles. The van der Waals surface area contributed by atoms with Gasteiger partial charge in [0.25, 0.3) is 0 Å². The van der Waals surface area contributed by atoms with Crippen molar-refractivity contribution in [2.45, 2.75) is 89.2 Å². The van der Waals surface area contributed by atoms with Gasteiger partial charge < -0.3 is 28.8 Å². The van der Waals surface area contributed by atoms with Gasteiger partial charge in [-0.25, -0.2) is 14.4 Å². The number of hydrogen-bond acceptors (Lipinski definition) is 9. The van der Waals surface area contributed by atoms with Gasteiger partial charge >= 0.3 is 17.9 Å². The summed E-state index contributed by atoms with van der Waals surface area (Å²) >= 11 is 0. The molecule has 2 aliphatic heterocycles. The number of carbonyl (C=O) groups is 3. The smallest absolute Gasteiger partial charge is 0.341 e. The van der Waals surface area contributed by atoms with Gasteiger partial charge in [-0.3, -0.25) is 0 Å². The van der Waals surface area contributed by atoms with Crippen molar-refractivity contribution in [1.29, 1.82) is 0 Å². The molecule has 188 valence electrons. The molecule has 0 radical (unpaired) electrons. The number of ether oxygens (including phenoxy) is 5. The van der Waals surface area contributed by atoms with Gasteiger partial charge in [-0.15, -0.1) is 0 Å². The fraction of sp³-hybridized carbons (Fsp3) is 0.640. The lowest BCUT2D eigenvalue weighted by Crippen LogP contribution is -2.50. The summed E-state index contributed by atoms with van der Waals surface area (Å²) in [6, 6.07) is 0. The van der Waals surface area contributed by atoms with E-state index in [1.54, 1.807) is 19.9 Å². The Hall–Kier alpha value is -2.49. The number of rotatable bonds is 6. The Labute approximate surface area is 199 Å². The van der Waals surface area contributed by atoms with Gasteiger partial charge in [-0.1, -0.05) is 26.2 Å². The van der Waals surface area contributed by atoms with E-state index in [1.807, 2.05) is 13.8 Å². The van der Waals surface area contributed by atoms with Crippen LogP contribution < -0.4 is 0 Å². The van der Waals surface area contributed by atoms with E-state index in [0.29, 0.717) is 24.8 Å². The number of allylic oxidation sites excluding steroid dienone is 1. The number of fused-ring (bicyclic) bond motifs is 1. The molecule has 3 aliphatic rings. The first-order valence-electron chi connectivity index (χ1n) is 11.5. The zero-order valence-corrected chi connectivity index (χ0v) is 20.4. The van der Waals surface area contributed by atoms with Crippen molar-refractivity contribution < 1.29 is 43.2 Å². The van der Waals surface area contributed by atoms with E-state index in [4.69, 9.17) is 23.7 Å². The zero-order chi connectivity index (χ0) is 25.4. The number of epoxide rings is 1. The van der Waals surface area contributed by atoms with Crippen molar-refractivity contribution >= 4 is 17.9 Å². The first-order chi connectivity index (χ1) is 16.0. The summed E-state index contributed by atoms with van der Waals surface area (Å²) in [5.74, 6) is -3.06. The molecule has 2 heterocycles. The maximum Gasteiger partial charge on any atom is 0.341 e. The van der Waals surface area contributed by atoms with Gasteiger partial charge in [-0.05, 0) is 45.6 Å². The molecule has 9 heteroatoms. The monoisotopic (exact) mass is 478 g/mol. The topological polar surface area (TPSA) is 121 Å². The highest BCUT2D eigenvalue weighted by molar-refractivity contribution is 5.92. The summed E-state index contributed by atoms with van der Waals surface area (Å²) < 4.78 is 28.1. The molecule has 0 aromatic heterocycles. The van der Waals surface area contributed by atoms with Crippen LogP contribution in [-0.2, 0) is 38.1 Å². The molecule has 0 spiro atoms. The predicted molar refractivity (Wildman–Crippen MR) is 120 cm³/mol. The van der Waals surface area contributed by atoms with Crippen LogP contribution in [0.25, 0.3) is 0 Å². The first kappa shape index (κ1) is 26.1. The summed E-state index contributed by atoms with van der Waals surface area (Å²) in [6.45, 7) is 14.8. The quantitative estimate of drug-likeness (QED) is 0.201. The van der Waals surface area contributed by atoms with E-state index in [-0.39, 0.29) is 23.4 Å². The second-order valence-electron chi connectivity index (χ2n) is 9.23. The molecule has 8 atom stereocenters. The van der Waals surface area contributed by atoms with Crippen molar-refractivity contribution in [3.63, 3.8) is 0 Å². The zero-order valence-electron chi connectivity index (χ0n) is 20.4. The molecule has 2 fully saturated rings.